The molecule has 1 atom stereocenters. The molecular weight excluding hydrogens is 276 g/mol. The first-order valence-electron chi connectivity index (χ1n) is 7.21. The van der Waals surface area contributed by atoms with Crippen LogP contribution in [0.5, 0.6) is 0 Å². The molecule has 0 N–H and O–H groups in total. The maximum atomic E-state index is 12.0. The summed E-state index contributed by atoms with van der Waals surface area (Å²) in [5, 5.41) is 0.533. The summed E-state index contributed by atoms with van der Waals surface area (Å²) < 4.78 is 11.0. The zero-order valence-electron chi connectivity index (χ0n) is 12.2. The molecule has 1 aromatic rings. The molecule has 1 aromatic carbocycles. The highest BCUT2D eigenvalue weighted by atomic mass is 35.5. The van der Waals surface area contributed by atoms with Gasteiger partial charge in [0.15, 0.2) is 0 Å². The van der Waals surface area contributed by atoms with Crippen molar-refractivity contribution in [1.82, 2.24) is 0 Å². The Morgan fingerprint density at radius 1 is 1.30 bits per heavy atom. The predicted molar refractivity (Wildman–Crippen MR) is 81.3 cm³/mol. The third-order valence-corrected chi connectivity index (χ3v) is 3.13. The number of benzene rings is 1. The fraction of sp³-hybridized carbons (Fsp3) is 0.562. The van der Waals surface area contributed by atoms with E-state index in [-0.39, 0.29) is 12.1 Å². The highest BCUT2D eigenvalue weighted by Crippen LogP contribution is 2.14. The molecule has 0 aromatic heterocycles. The van der Waals surface area contributed by atoms with E-state index in [1.807, 2.05) is 0 Å². The second-order valence-corrected chi connectivity index (χ2v) is 5.19. The standard InChI is InChI=1S/C16H23ClO3/c1-3-5-10-19-12-15(7-4-2)20-16(18)13-8-6-9-14(17)11-13/h6,8-9,11,15H,3-5,7,10,12H2,1-2H3. The molecule has 0 bridgehead atoms. The van der Waals surface area contributed by atoms with E-state index in [4.69, 9.17) is 21.1 Å². The van der Waals surface area contributed by atoms with Crippen molar-refractivity contribution in [3.63, 3.8) is 0 Å². The number of ether oxygens (including phenoxy) is 2. The first-order valence-corrected chi connectivity index (χ1v) is 7.59. The maximum Gasteiger partial charge on any atom is 0.338 e. The lowest BCUT2D eigenvalue weighted by molar-refractivity contribution is -0.00763. The third-order valence-electron chi connectivity index (χ3n) is 2.89. The van der Waals surface area contributed by atoms with Gasteiger partial charge in [0.1, 0.15) is 6.10 Å². The van der Waals surface area contributed by atoms with Crippen molar-refractivity contribution in [2.75, 3.05) is 13.2 Å². The van der Waals surface area contributed by atoms with Crippen molar-refractivity contribution in [3.8, 4) is 0 Å². The summed E-state index contributed by atoms with van der Waals surface area (Å²) in [7, 11) is 0. The second-order valence-electron chi connectivity index (χ2n) is 4.75. The van der Waals surface area contributed by atoms with E-state index in [1.54, 1.807) is 24.3 Å². The van der Waals surface area contributed by atoms with Crippen molar-refractivity contribution in [3.05, 3.63) is 34.9 Å². The van der Waals surface area contributed by atoms with E-state index in [9.17, 15) is 4.79 Å². The van der Waals surface area contributed by atoms with Crippen LogP contribution in [0.1, 0.15) is 49.9 Å². The third kappa shape index (κ3) is 6.40. The van der Waals surface area contributed by atoms with Gasteiger partial charge in [-0.2, -0.15) is 0 Å². The van der Waals surface area contributed by atoms with Crippen LogP contribution in [0.15, 0.2) is 24.3 Å². The summed E-state index contributed by atoms with van der Waals surface area (Å²) in [6, 6.07) is 6.79. The Bertz CT molecular complexity index is 406. The van der Waals surface area contributed by atoms with Gasteiger partial charge in [-0.25, -0.2) is 4.79 Å². The molecule has 3 nitrogen and oxygen atoms in total. The molecule has 4 heteroatoms. The molecule has 1 rings (SSSR count). The first kappa shape index (κ1) is 17.0. The summed E-state index contributed by atoms with van der Waals surface area (Å²) in [5.41, 5.74) is 0.479. The lowest BCUT2D eigenvalue weighted by atomic mass is 10.2. The van der Waals surface area contributed by atoms with Gasteiger partial charge in [-0.3, -0.25) is 0 Å². The molecule has 0 heterocycles. The number of hydrogen-bond acceptors (Lipinski definition) is 3. The summed E-state index contributed by atoms with van der Waals surface area (Å²) in [5.74, 6) is -0.343. The van der Waals surface area contributed by atoms with Crippen LogP contribution in [0.4, 0.5) is 0 Å². The number of halogens is 1. The van der Waals surface area contributed by atoms with Crippen LogP contribution < -0.4 is 0 Å². The van der Waals surface area contributed by atoms with Gasteiger partial charge in [-0.05, 0) is 31.0 Å². The molecule has 1 unspecified atom stereocenters. The van der Waals surface area contributed by atoms with Crippen molar-refractivity contribution >= 4 is 17.6 Å². The van der Waals surface area contributed by atoms with Crippen LogP contribution >= 0.6 is 11.6 Å². The van der Waals surface area contributed by atoms with Gasteiger partial charge in [-0.1, -0.05) is 44.4 Å². The van der Waals surface area contributed by atoms with E-state index in [0.717, 1.165) is 25.7 Å². The molecule has 112 valence electrons. The number of carbonyl (C=O) groups excluding carboxylic acids is 1. The molecule has 0 aliphatic rings. The normalized spacial score (nSPS) is 12.2. The van der Waals surface area contributed by atoms with Crippen LogP contribution in [0.25, 0.3) is 0 Å². The molecule has 0 amide bonds. The molecule has 0 aliphatic carbocycles. The zero-order chi connectivity index (χ0) is 14.8. The molecule has 20 heavy (non-hydrogen) atoms. The first-order chi connectivity index (χ1) is 9.67. The number of hydrogen-bond donors (Lipinski definition) is 0. The molecular formula is C16H23ClO3. The second kappa shape index (κ2) is 9.78. The fourth-order valence-electron chi connectivity index (χ4n) is 1.79. The topological polar surface area (TPSA) is 35.5 Å². The predicted octanol–water partition coefficient (Wildman–Crippen LogP) is 4.48. The minimum atomic E-state index is -0.343. The van der Waals surface area contributed by atoms with E-state index in [0.29, 0.717) is 23.8 Å². The highest BCUT2D eigenvalue weighted by molar-refractivity contribution is 6.30. The molecule has 0 radical (unpaired) electrons. The molecule has 0 fully saturated rings. The Balaban J connectivity index is 2.49. The lowest BCUT2D eigenvalue weighted by Crippen LogP contribution is -2.24. The number of unbranched alkanes of at least 4 members (excludes halogenated alkanes) is 1. The van der Waals surface area contributed by atoms with Gasteiger partial charge < -0.3 is 9.47 Å². The van der Waals surface area contributed by atoms with Crippen LogP contribution in [-0.2, 0) is 9.47 Å². The van der Waals surface area contributed by atoms with Gasteiger partial charge in [0.05, 0.1) is 12.2 Å². The zero-order valence-corrected chi connectivity index (χ0v) is 13.0. The van der Waals surface area contributed by atoms with E-state index in [2.05, 4.69) is 13.8 Å². The van der Waals surface area contributed by atoms with Crippen molar-refractivity contribution in [1.29, 1.82) is 0 Å². The largest absolute Gasteiger partial charge is 0.456 e. The number of esters is 1. The van der Waals surface area contributed by atoms with Gasteiger partial charge in [-0.15, -0.1) is 0 Å². The average Bonchev–Trinajstić information content (AvgIpc) is 2.43. The Morgan fingerprint density at radius 3 is 2.75 bits per heavy atom. The van der Waals surface area contributed by atoms with Crippen molar-refractivity contribution < 1.29 is 14.3 Å². The summed E-state index contributed by atoms with van der Waals surface area (Å²) >= 11 is 5.87. The monoisotopic (exact) mass is 298 g/mol. The minimum Gasteiger partial charge on any atom is -0.456 e. The number of rotatable bonds is 9. The van der Waals surface area contributed by atoms with Gasteiger partial charge in [0.25, 0.3) is 0 Å². The fourth-order valence-corrected chi connectivity index (χ4v) is 1.98. The highest BCUT2D eigenvalue weighted by Gasteiger charge is 2.15. The molecule has 0 saturated carbocycles. The molecule has 0 aliphatic heterocycles. The van der Waals surface area contributed by atoms with Gasteiger partial charge in [0.2, 0.25) is 0 Å². The van der Waals surface area contributed by atoms with Gasteiger partial charge >= 0.3 is 5.97 Å². The van der Waals surface area contributed by atoms with Crippen LogP contribution in [0.2, 0.25) is 5.02 Å². The summed E-state index contributed by atoms with van der Waals surface area (Å²) in [6.45, 7) is 5.35. The van der Waals surface area contributed by atoms with E-state index < -0.39 is 0 Å². The quantitative estimate of drug-likeness (QED) is 0.498. The SMILES string of the molecule is CCCCOCC(CCC)OC(=O)c1cccc(Cl)c1. The van der Waals surface area contributed by atoms with Crippen LogP contribution in [0, 0.1) is 0 Å². The maximum absolute atomic E-state index is 12.0. The van der Waals surface area contributed by atoms with Crippen molar-refractivity contribution in [2.45, 2.75) is 45.6 Å². The average molecular weight is 299 g/mol. The van der Waals surface area contributed by atoms with Crippen molar-refractivity contribution in [2.24, 2.45) is 0 Å². The minimum absolute atomic E-state index is 0.191. The Hall–Kier alpha value is -1.06. The number of carbonyl (C=O) groups is 1. The lowest BCUT2D eigenvalue weighted by Gasteiger charge is -2.17. The van der Waals surface area contributed by atoms with Crippen LogP contribution in [-0.4, -0.2) is 25.3 Å². The molecule has 0 saturated heterocycles. The van der Waals surface area contributed by atoms with Gasteiger partial charge in [0, 0.05) is 11.6 Å². The Kier molecular flexibility index (Phi) is 8.31. The van der Waals surface area contributed by atoms with Crippen LogP contribution in [0.3, 0.4) is 0 Å². The Labute approximate surface area is 126 Å². The molecule has 0 spiro atoms. The summed E-state index contributed by atoms with van der Waals surface area (Å²) in [6.07, 6.45) is 3.69. The smallest absolute Gasteiger partial charge is 0.338 e. The van der Waals surface area contributed by atoms with E-state index >= 15 is 0 Å². The summed E-state index contributed by atoms with van der Waals surface area (Å²) in [4.78, 5) is 12.0. The Morgan fingerprint density at radius 2 is 2.10 bits per heavy atom. The van der Waals surface area contributed by atoms with E-state index in [1.165, 1.54) is 0 Å².